The second-order valence-corrected chi connectivity index (χ2v) is 12.8. The van der Waals surface area contributed by atoms with Crippen LogP contribution in [0.15, 0.2) is 83.8 Å². The molecule has 216 valence electrons. The Morgan fingerprint density at radius 2 is 1.70 bits per heavy atom. The number of benzene rings is 3. The Bertz CT molecular complexity index is 2080. The molecule has 0 bridgehead atoms. The zero-order valence-corrected chi connectivity index (χ0v) is 25.5. The van der Waals surface area contributed by atoms with Crippen molar-refractivity contribution in [2.45, 2.75) is 39.4 Å². The van der Waals surface area contributed by atoms with E-state index >= 15 is 0 Å². The highest BCUT2D eigenvalue weighted by molar-refractivity contribution is 7.22. The molecular weight excluding hydrogens is 582 g/mol. The molecule has 2 N–H and O–H groups in total. The highest BCUT2D eigenvalue weighted by Gasteiger charge is 2.32. The van der Waals surface area contributed by atoms with Gasteiger partial charge in [0.05, 0.1) is 21.5 Å². The van der Waals surface area contributed by atoms with Crippen molar-refractivity contribution in [3.8, 4) is 33.0 Å². The molecule has 0 aliphatic carbocycles. The number of nitrogens with zero attached hydrogens (tertiary/aromatic N) is 2. The number of aromatic nitrogens is 3. The van der Waals surface area contributed by atoms with Crippen LogP contribution >= 0.6 is 22.9 Å². The Morgan fingerprint density at radius 1 is 0.977 bits per heavy atom. The van der Waals surface area contributed by atoms with Crippen molar-refractivity contribution < 1.29 is 14.6 Å². The number of hydrogen-bond donors (Lipinski definition) is 2. The molecule has 0 amide bonds. The molecule has 0 unspecified atom stereocenters. The summed E-state index contributed by atoms with van der Waals surface area (Å²) in [6.45, 7) is 7.43. The molecule has 3 aromatic carbocycles. The molecule has 3 aromatic heterocycles. The molecule has 0 spiro atoms. The quantitative estimate of drug-likeness (QED) is 0.196. The van der Waals surface area contributed by atoms with Crippen LogP contribution in [0, 0.1) is 6.92 Å². The van der Waals surface area contributed by atoms with E-state index in [9.17, 15) is 14.7 Å². The summed E-state index contributed by atoms with van der Waals surface area (Å²) >= 11 is 7.71. The molecule has 0 saturated heterocycles. The summed E-state index contributed by atoms with van der Waals surface area (Å²) in [4.78, 5) is 36.9. The van der Waals surface area contributed by atoms with Gasteiger partial charge in [0.25, 0.3) is 0 Å². The molecule has 0 aliphatic heterocycles. The predicted octanol–water partition coefficient (Wildman–Crippen LogP) is 8.44. The number of ether oxygens (including phenoxy) is 1. The molecule has 6 aromatic rings. The van der Waals surface area contributed by atoms with Crippen LogP contribution < -0.4 is 5.56 Å². The van der Waals surface area contributed by atoms with Gasteiger partial charge in [-0.05, 0) is 86.7 Å². The number of thiazole rings is 1. The number of carboxylic acids is 1. The van der Waals surface area contributed by atoms with Gasteiger partial charge in [-0.15, -0.1) is 11.3 Å². The third kappa shape index (κ3) is 5.82. The minimum atomic E-state index is -1.19. The fourth-order valence-electron chi connectivity index (χ4n) is 5.19. The summed E-state index contributed by atoms with van der Waals surface area (Å²) in [5.74, 6) is -1.06. The van der Waals surface area contributed by atoms with Gasteiger partial charge in [-0.2, -0.15) is 0 Å². The largest absolute Gasteiger partial charge is 0.479 e. The fourth-order valence-corrected chi connectivity index (χ4v) is 6.44. The second-order valence-electron chi connectivity index (χ2n) is 11.4. The van der Waals surface area contributed by atoms with Gasteiger partial charge in [0.2, 0.25) is 5.56 Å². The van der Waals surface area contributed by atoms with Crippen LogP contribution in [0.2, 0.25) is 5.02 Å². The summed E-state index contributed by atoms with van der Waals surface area (Å²) in [6.07, 6.45) is 0.552. The normalized spacial score (nSPS) is 12.6. The number of aliphatic carboxylic acids is 1. The summed E-state index contributed by atoms with van der Waals surface area (Å²) in [7, 11) is 0. The lowest BCUT2D eigenvalue weighted by Gasteiger charge is -2.28. The van der Waals surface area contributed by atoms with E-state index in [0.717, 1.165) is 59.6 Å². The van der Waals surface area contributed by atoms with Gasteiger partial charge in [-0.25, -0.2) is 9.78 Å². The minimum Gasteiger partial charge on any atom is -0.479 e. The molecule has 0 saturated carbocycles. The van der Waals surface area contributed by atoms with Crippen LogP contribution in [0.1, 0.15) is 38.0 Å². The molecule has 0 aliphatic rings. The topological polar surface area (TPSA) is 105 Å². The van der Waals surface area contributed by atoms with Gasteiger partial charge in [0.15, 0.2) is 6.10 Å². The monoisotopic (exact) mass is 609 g/mol. The Labute approximate surface area is 256 Å². The number of aromatic amines is 1. The van der Waals surface area contributed by atoms with Gasteiger partial charge >= 0.3 is 5.97 Å². The highest BCUT2D eigenvalue weighted by Crippen LogP contribution is 2.44. The summed E-state index contributed by atoms with van der Waals surface area (Å²) in [6, 6.07) is 22.3. The van der Waals surface area contributed by atoms with E-state index in [4.69, 9.17) is 21.3 Å². The van der Waals surface area contributed by atoms with E-state index in [1.165, 1.54) is 17.4 Å². The maximum absolute atomic E-state index is 12.6. The molecule has 0 fully saturated rings. The highest BCUT2D eigenvalue weighted by atomic mass is 35.5. The van der Waals surface area contributed by atoms with Crippen LogP contribution in [0.3, 0.4) is 0 Å². The lowest BCUT2D eigenvalue weighted by Crippen LogP contribution is -2.28. The third-order valence-corrected chi connectivity index (χ3v) is 8.44. The van der Waals surface area contributed by atoms with Crippen LogP contribution in [-0.4, -0.2) is 31.6 Å². The summed E-state index contributed by atoms with van der Waals surface area (Å²) in [5.41, 5.74) is 6.06. The number of rotatable bonds is 6. The van der Waals surface area contributed by atoms with Crippen LogP contribution in [-0.2, 0) is 9.53 Å². The van der Waals surface area contributed by atoms with E-state index < -0.39 is 17.7 Å². The molecule has 7 nitrogen and oxygen atoms in total. The number of nitrogens with one attached hydrogen (secondary N) is 1. The first-order chi connectivity index (χ1) is 20.5. The van der Waals surface area contributed by atoms with Crippen molar-refractivity contribution in [2.75, 3.05) is 0 Å². The first-order valence-corrected chi connectivity index (χ1v) is 14.9. The molecule has 3 heterocycles. The maximum Gasteiger partial charge on any atom is 0.337 e. The molecule has 0 radical (unpaired) electrons. The standard InChI is InChI=1S/C34H28ClN3O4S/c1-18-15-26-31(29(20-7-10-23(35)11-8-20)28(18)30(33(40)41)42-34(2,3)4)43-32(38-26)22-13-14-36-24(17-22)21-6-5-19-9-12-27(39)37-25(19)16-21/h5-17,30H,1-4H3,(H,37,39)(H,40,41)/t30-/m0/s1. The number of pyridine rings is 2. The average Bonchev–Trinajstić information content (AvgIpc) is 3.38. The van der Waals surface area contributed by atoms with Crippen molar-refractivity contribution >= 4 is 50.0 Å². The Hall–Kier alpha value is -4.37. The summed E-state index contributed by atoms with van der Waals surface area (Å²) in [5, 5.41) is 12.6. The van der Waals surface area contributed by atoms with Crippen molar-refractivity contribution in [1.82, 2.24) is 15.0 Å². The van der Waals surface area contributed by atoms with Gasteiger partial charge in [0, 0.05) is 45.1 Å². The zero-order valence-electron chi connectivity index (χ0n) is 23.9. The number of H-pyrrole nitrogens is 1. The lowest BCUT2D eigenvalue weighted by atomic mass is 9.91. The Kier molecular flexibility index (Phi) is 7.38. The number of carbonyl (C=O) groups is 1. The van der Waals surface area contributed by atoms with E-state index in [1.807, 2.05) is 76.2 Å². The van der Waals surface area contributed by atoms with E-state index in [0.29, 0.717) is 10.6 Å². The Balaban J connectivity index is 1.53. The van der Waals surface area contributed by atoms with E-state index in [1.54, 1.807) is 24.4 Å². The average molecular weight is 610 g/mol. The fraction of sp³-hybridized carbons (Fsp3) is 0.176. The van der Waals surface area contributed by atoms with Gasteiger partial charge in [0.1, 0.15) is 5.01 Å². The van der Waals surface area contributed by atoms with Crippen molar-refractivity contribution in [2.24, 2.45) is 0 Å². The van der Waals surface area contributed by atoms with Crippen molar-refractivity contribution in [3.05, 3.63) is 105 Å². The zero-order chi connectivity index (χ0) is 30.5. The first kappa shape index (κ1) is 28.7. The van der Waals surface area contributed by atoms with Crippen molar-refractivity contribution in [1.29, 1.82) is 0 Å². The Morgan fingerprint density at radius 3 is 2.42 bits per heavy atom. The van der Waals surface area contributed by atoms with Crippen LogP contribution in [0.5, 0.6) is 0 Å². The number of aryl methyl sites for hydroxylation is 1. The number of hydrogen-bond acceptors (Lipinski definition) is 6. The van der Waals surface area contributed by atoms with Crippen LogP contribution in [0.25, 0.3) is 54.1 Å². The molecule has 6 rings (SSSR count). The molecule has 1 atom stereocenters. The summed E-state index contributed by atoms with van der Waals surface area (Å²) < 4.78 is 6.97. The predicted molar refractivity (Wildman–Crippen MR) is 173 cm³/mol. The minimum absolute atomic E-state index is 0.162. The molecule has 43 heavy (non-hydrogen) atoms. The third-order valence-electron chi connectivity index (χ3n) is 7.05. The molecular formula is C34H28ClN3O4S. The second kappa shape index (κ2) is 11.0. The lowest BCUT2D eigenvalue weighted by molar-refractivity contribution is -0.160. The smallest absolute Gasteiger partial charge is 0.337 e. The van der Waals surface area contributed by atoms with E-state index in [-0.39, 0.29) is 5.56 Å². The van der Waals surface area contributed by atoms with Crippen molar-refractivity contribution in [3.63, 3.8) is 0 Å². The molecule has 9 heteroatoms. The maximum atomic E-state index is 12.6. The number of carboxylic acid groups (broad SMARTS) is 1. The number of fused-ring (bicyclic) bond motifs is 2. The first-order valence-electron chi connectivity index (χ1n) is 13.7. The van der Waals surface area contributed by atoms with Gasteiger partial charge in [-0.3, -0.25) is 9.78 Å². The number of halogens is 1. The van der Waals surface area contributed by atoms with Crippen LogP contribution in [0.4, 0.5) is 0 Å². The van der Waals surface area contributed by atoms with E-state index in [2.05, 4.69) is 9.97 Å². The SMILES string of the molecule is Cc1cc2nc(-c3ccnc(-c4ccc5ccc(=O)[nH]c5c4)c3)sc2c(-c2ccc(Cl)cc2)c1[C@H](OC(C)(C)C)C(=O)O. The van der Waals surface area contributed by atoms with Gasteiger partial charge < -0.3 is 14.8 Å². The van der Waals surface area contributed by atoms with Gasteiger partial charge in [-0.1, -0.05) is 35.9 Å².